The quantitative estimate of drug-likeness (QED) is 0.840. The first kappa shape index (κ1) is 15.1. The molecule has 1 amide bonds. The fourth-order valence-electron chi connectivity index (χ4n) is 2.42. The molecule has 0 radical (unpaired) electrons. The van der Waals surface area contributed by atoms with Gasteiger partial charge in [-0.05, 0) is 12.8 Å². The van der Waals surface area contributed by atoms with Crippen molar-refractivity contribution in [3.05, 3.63) is 21.9 Å². The summed E-state index contributed by atoms with van der Waals surface area (Å²) in [6, 6.07) is 0. The van der Waals surface area contributed by atoms with E-state index in [0.717, 1.165) is 35.1 Å². The molecule has 2 aromatic rings. The Morgan fingerprint density at radius 3 is 2.82 bits per heavy atom. The summed E-state index contributed by atoms with van der Waals surface area (Å²) in [5.41, 5.74) is 0.823. The Morgan fingerprint density at radius 2 is 2.09 bits per heavy atom. The third-order valence-electron chi connectivity index (χ3n) is 3.63. The number of hydrogen-bond acceptors (Lipinski definition) is 6. The molecule has 0 aromatic carbocycles. The number of likely N-dealkylation sites (tertiary alicyclic amines) is 1. The number of amides is 1. The number of nitrogens with zero attached hydrogens (tertiary/aromatic N) is 6. The van der Waals surface area contributed by atoms with E-state index in [-0.39, 0.29) is 5.91 Å². The van der Waals surface area contributed by atoms with Crippen LogP contribution in [0.15, 0.2) is 6.20 Å². The second-order valence-electron chi connectivity index (χ2n) is 5.87. The predicted octanol–water partition coefficient (Wildman–Crippen LogP) is 1.81. The van der Waals surface area contributed by atoms with Crippen molar-refractivity contribution in [3.63, 3.8) is 0 Å². The SMILES string of the molecule is CC(C)c1nnc(Cn2cc(CN3CCCCC3=O)nn2)s1. The standard InChI is InChI=1S/C14H20N6OS/c1-10(2)14-17-16-12(22-14)9-20-8-11(15-18-20)7-19-6-4-3-5-13(19)21/h8,10H,3-7,9H2,1-2H3. The van der Waals surface area contributed by atoms with Gasteiger partial charge in [-0.2, -0.15) is 0 Å². The highest BCUT2D eigenvalue weighted by Crippen LogP contribution is 2.19. The molecule has 3 rings (SSSR count). The van der Waals surface area contributed by atoms with E-state index in [1.54, 1.807) is 16.0 Å². The lowest BCUT2D eigenvalue weighted by Gasteiger charge is -2.25. The second kappa shape index (κ2) is 6.51. The Hall–Kier alpha value is -1.83. The molecule has 1 aliphatic rings. The van der Waals surface area contributed by atoms with Crippen molar-refractivity contribution in [2.24, 2.45) is 0 Å². The van der Waals surface area contributed by atoms with Gasteiger partial charge in [-0.3, -0.25) is 4.79 Å². The van der Waals surface area contributed by atoms with Gasteiger partial charge in [0.2, 0.25) is 5.91 Å². The second-order valence-corrected chi connectivity index (χ2v) is 6.96. The Labute approximate surface area is 133 Å². The predicted molar refractivity (Wildman–Crippen MR) is 82.4 cm³/mol. The van der Waals surface area contributed by atoms with Crippen molar-refractivity contribution in [1.29, 1.82) is 0 Å². The molecule has 0 saturated carbocycles. The van der Waals surface area contributed by atoms with Crippen LogP contribution in [0, 0.1) is 0 Å². The molecule has 1 saturated heterocycles. The maximum absolute atomic E-state index is 11.8. The third-order valence-corrected chi connectivity index (χ3v) is 4.84. The monoisotopic (exact) mass is 320 g/mol. The molecule has 8 heteroatoms. The topological polar surface area (TPSA) is 76.8 Å². The molecule has 3 heterocycles. The summed E-state index contributed by atoms with van der Waals surface area (Å²) in [6.07, 6.45) is 4.61. The van der Waals surface area contributed by atoms with Gasteiger partial charge in [-0.25, -0.2) is 4.68 Å². The van der Waals surface area contributed by atoms with Gasteiger partial charge in [-0.15, -0.1) is 15.3 Å². The van der Waals surface area contributed by atoms with Crippen molar-refractivity contribution in [2.45, 2.75) is 52.1 Å². The van der Waals surface area contributed by atoms with E-state index in [0.29, 0.717) is 25.4 Å². The zero-order valence-corrected chi connectivity index (χ0v) is 13.7. The molecule has 22 heavy (non-hydrogen) atoms. The normalized spacial score (nSPS) is 15.8. The summed E-state index contributed by atoms with van der Waals surface area (Å²) in [5.74, 6) is 0.606. The molecule has 0 N–H and O–H groups in total. The minimum atomic E-state index is 0.214. The zero-order chi connectivity index (χ0) is 15.5. The molecular weight excluding hydrogens is 300 g/mol. The van der Waals surface area contributed by atoms with Gasteiger partial charge >= 0.3 is 0 Å². The van der Waals surface area contributed by atoms with Crippen LogP contribution in [0.3, 0.4) is 0 Å². The van der Waals surface area contributed by atoms with Crippen LogP contribution in [0.25, 0.3) is 0 Å². The molecular formula is C14H20N6OS. The summed E-state index contributed by atoms with van der Waals surface area (Å²) >= 11 is 1.61. The smallest absolute Gasteiger partial charge is 0.222 e. The molecule has 7 nitrogen and oxygen atoms in total. The van der Waals surface area contributed by atoms with Crippen LogP contribution in [0.5, 0.6) is 0 Å². The van der Waals surface area contributed by atoms with Crippen LogP contribution in [0.2, 0.25) is 0 Å². The van der Waals surface area contributed by atoms with Gasteiger partial charge < -0.3 is 4.90 Å². The van der Waals surface area contributed by atoms with Crippen molar-refractivity contribution < 1.29 is 4.79 Å². The van der Waals surface area contributed by atoms with Crippen LogP contribution in [0.1, 0.15) is 54.7 Å². The molecule has 0 atom stereocenters. The van der Waals surface area contributed by atoms with Gasteiger partial charge in [0.25, 0.3) is 0 Å². The number of carbonyl (C=O) groups is 1. The van der Waals surface area contributed by atoms with Crippen LogP contribution in [0.4, 0.5) is 0 Å². The zero-order valence-electron chi connectivity index (χ0n) is 12.9. The van der Waals surface area contributed by atoms with Crippen LogP contribution < -0.4 is 0 Å². The highest BCUT2D eigenvalue weighted by Gasteiger charge is 2.19. The molecule has 1 aliphatic heterocycles. The number of rotatable bonds is 5. The molecule has 0 spiro atoms. The first-order valence-corrected chi connectivity index (χ1v) is 8.42. The van der Waals surface area contributed by atoms with E-state index in [4.69, 9.17) is 0 Å². The Balaban J connectivity index is 1.61. The van der Waals surface area contributed by atoms with E-state index in [1.165, 1.54) is 0 Å². The van der Waals surface area contributed by atoms with Gasteiger partial charge in [0.15, 0.2) is 0 Å². The lowest BCUT2D eigenvalue weighted by atomic mass is 10.1. The first-order chi connectivity index (χ1) is 10.6. The number of aromatic nitrogens is 5. The van der Waals surface area contributed by atoms with Gasteiger partial charge in [-0.1, -0.05) is 30.4 Å². The number of carbonyl (C=O) groups excluding carboxylic acids is 1. The summed E-state index contributed by atoms with van der Waals surface area (Å²) in [4.78, 5) is 13.7. The highest BCUT2D eigenvalue weighted by molar-refractivity contribution is 7.11. The van der Waals surface area contributed by atoms with Crippen LogP contribution in [-0.4, -0.2) is 42.5 Å². The summed E-state index contributed by atoms with van der Waals surface area (Å²) < 4.78 is 1.76. The summed E-state index contributed by atoms with van der Waals surface area (Å²) in [5, 5.41) is 18.6. The highest BCUT2D eigenvalue weighted by atomic mass is 32.1. The fraction of sp³-hybridized carbons (Fsp3) is 0.643. The largest absolute Gasteiger partial charge is 0.337 e. The van der Waals surface area contributed by atoms with Crippen molar-refractivity contribution in [2.75, 3.05) is 6.54 Å². The number of piperidine rings is 1. The minimum Gasteiger partial charge on any atom is -0.337 e. The summed E-state index contributed by atoms with van der Waals surface area (Å²) in [7, 11) is 0. The van der Waals surface area contributed by atoms with E-state index >= 15 is 0 Å². The average Bonchev–Trinajstić information content (AvgIpc) is 3.12. The molecule has 118 valence electrons. The van der Waals surface area contributed by atoms with Gasteiger partial charge in [0.1, 0.15) is 15.7 Å². The van der Waals surface area contributed by atoms with Gasteiger partial charge in [0.05, 0.1) is 19.3 Å². The molecule has 2 aromatic heterocycles. The summed E-state index contributed by atoms with van der Waals surface area (Å²) in [6.45, 7) is 6.15. The average molecular weight is 320 g/mol. The Morgan fingerprint density at radius 1 is 1.23 bits per heavy atom. The lowest BCUT2D eigenvalue weighted by Crippen LogP contribution is -2.34. The molecule has 0 bridgehead atoms. The van der Waals surface area contributed by atoms with Crippen LogP contribution >= 0.6 is 11.3 Å². The maximum atomic E-state index is 11.8. The Bertz CT molecular complexity index is 649. The van der Waals surface area contributed by atoms with Gasteiger partial charge in [0, 0.05) is 18.9 Å². The third kappa shape index (κ3) is 3.49. The van der Waals surface area contributed by atoms with Crippen molar-refractivity contribution in [3.8, 4) is 0 Å². The van der Waals surface area contributed by atoms with E-state index in [1.807, 2.05) is 11.1 Å². The minimum absolute atomic E-state index is 0.214. The number of hydrogen-bond donors (Lipinski definition) is 0. The Kier molecular flexibility index (Phi) is 4.47. The van der Waals surface area contributed by atoms with E-state index < -0.39 is 0 Å². The fourth-order valence-corrected chi connectivity index (χ4v) is 3.25. The lowest BCUT2D eigenvalue weighted by molar-refractivity contribution is -0.133. The maximum Gasteiger partial charge on any atom is 0.222 e. The molecule has 0 aliphatic carbocycles. The van der Waals surface area contributed by atoms with Crippen molar-refractivity contribution >= 4 is 17.2 Å². The van der Waals surface area contributed by atoms with Crippen molar-refractivity contribution in [1.82, 2.24) is 30.1 Å². The first-order valence-electron chi connectivity index (χ1n) is 7.61. The molecule has 0 unspecified atom stereocenters. The molecule has 1 fully saturated rings. The van der Waals surface area contributed by atoms with Crippen LogP contribution in [-0.2, 0) is 17.9 Å². The van der Waals surface area contributed by atoms with E-state index in [2.05, 4.69) is 34.4 Å². The van der Waals surface area contributed by atoms with E-state index in [9.17, 15) is 4.79 Å².